The van der Waals surface area contributed by atoms with Crippen LogP contribution in [-0.4, -0.2) is 54.5 Å². The van der Waals surface area contributed by atoms with E-state index in [1.165, 1.54) is 10.0 Å². The second-order valence-electron chi connectivity index (χ2n) is 8.94. The number of amides is 2. The van der Waals surface area contributed by atoms with Crippen LogP contribution in [0.4, 0.5) is 9.59 Å². The summed E-state index contributed by atoms with van der Waals surface area (Å²) in [6.45, 7) is 16.9. The topological polar surface area (TPSA) is 68.3 Å². The average Bonchev–Trinajstić information content (AvgIpc) is 2.31. The van der Waals surface area contributed by atoms with Gasteiger partial charge in [-0.2, -0.15) is 5.01 Å². The minimum Gasteiger partial charge on any atom is -0.442 e. The van der Waals surface area contributed by atoms with Crippen molar-refractivity contribution in [2.75, 3.05) is 6.54 Å². The van der Waals surface area contributed by atoms with E-state index in [1.54, 1.807) is 53.7 Å². The summed E-state index contributed by atoms with van der Waals surface area (Å²) < 4.78 is 17.0. The molecule has 7 nitrogen and oxygen atoms in total. The molecule has 1 rings (SSSR count). The normalized spacial score (nSPS) is 19.0. The molecule has 1 heterocycles. The van der Waals surface area contributed by atoms with Crippen LogP contribution in [0.5, 0.6) is 0 Å². The van der Waals surface area contributed by atoms with Crippen LogP contribution in [0, 0.1) is 0 Å². The third-order valence-corrected chi connectivity index (χ3v) is 3.69. The monoisotopic (exact) mass is 372 g/mol. The maximum Gasteiger partial charge on any atom is 0.432 e. The van der Waals surface area contributed by atoms with E-state index in [0.29, 0.717) is 0 Å². The summed E-state index contributed by atoms with van der Waals surface area (Å²) in [7, 11) is -1.98. The van der Waals surface area contributed by atoms with Crippen LogP contribution >= 0.6 is 0 Å². The molecule has 1 aliphatic rings. The van der Waals surface area contributed by atoms with E-state index in [2.05, 4.69) is 0 Å². The Bertz CT molecular complexity index is 529. The SMILES string of the molecule is CC(C)(C)OC(=O)N1CC=CC(O[Si](C)(C)C)N1C(=O)OC(C)(C)C. The van der Waals surface area contributed by atoms with Crippen LogP contribution in [0.2, 0.25) is 19.6 Å². The molecule has 0 aromatic rings. The van der Waals surface area contributed by atoms with Crippen LogP contribution in [0.1, 0.15) is 41.5 Å². The molecule has 0 aromatic heterocycles. The molecule has 144 valence electrons. The van der Waals surface area contributed by atoms with Gasteiger partial charge in [-0.25, -0.2) is 14.6 Å². The highest BCUT2D eigenvalue weighted by atomic mass is 28.4. The molecular formula is C17H32N2O5Si. The highest BCUT2D eigenvalue weighted by Crippen LogP contribution is 2.23. The van der Waals surface area contributed by atoms with Gasteiger partial charge in [0.25, 0.3) is 0 Å². The molecular weight excluding hydrogens is 340 g/mol. The first-order valence-electron chi connectivity index (χ1n) is 8.46. The highest BCUT2D eigenvalue weighted by Gasteiger charge is 2.40. The highest BCUT2D eigenvalue weighted by molar-refractivity contribution is 6.69. The van der Waals surface area contributed by atoms with Crippen LogP contribution in [0.15, 0.2) is 12.2 Å². The molecule has 0 aromatic carbocycles. The van der Waals surface area contributed by atoms with Gasteiger partial charge in [0.2, 0.25) is 0 Å². The maximum atomic E-state index is 12.7. The van der Waals surface area contributed by atoms with Gasteiger partial charge in [-0.3, -0.25) is 0 Å². The Morgan fingerprint density at radius 1 is 0.960 bits per heavy atom. The van der Waals surface area contributed by atoms with Gasteiger partial charge < -0.3 is 13.9 Å². The predicted octanol–water partition coefficient (Wildman–Crippen LogP) is 4.12. The lowest BCUT2D eigenvalue weighted by molar-refractivity contribution is -0.109. The van der Waals surface area contributed by atoms with E-state index in [9.17, 15) is 9.59 Å². The quantitative estimate of drug-likeness (QED) is 0.539. The number of carbonyl (C=O) groups is 2. The Hall–Kier alpha value is -1.54. The lowest BCUT2D eigenvalue weighted by Crippen LogP contribution is -2.60. The molecule has 2 amide bonds. The summed E-state index contributed by atoms with van der Waals surface area (Å²) >= 11 is 0. The largest absolute Gasteiger partial charge is 0.442 e. The summed E-state index contributed by atoms with van der Waals surface area (Å²) in [5.74, 6) is 0. The molecule has 0 radical (unpaired) electrons. The lowest BCUT2D eigenvalue weighted by Gasteiger charge is -2.42. The number of hydrogen-bond acceptors (Lipinski definition) is 5. The van der Waals surface area contributed by atoms with E-state index < -0.39 is 37.9 Å². The molecule has 0 saturated carbocycles. The van der Waals surface area contributed by atoms with E-state index in [1.807, 2.05) is 19.6 Å². The zero-order valence-corrected chi connectivity index (χ0v) is 17.9. The zero-order valence-electron chi connectivity index (χ0n) is 16.9. The van der Waals surface area contributed by atoms with Crippen LogP contribution in [-0.2, 0) is 13.9 Å². The minimum absolute atomic E-state index is 0.208. The van der Waals surface area contributed by atoms with Crippen molar-refractivity contribution in [3.63, 3.8) is 0 Å². The van der Waals surface area contributed by atoms with Gasteiger partial charge in [0, 0.05) is 0 Å². The van der Waals surface area contributed by atoms with Gasteiger partial charge in [-0.05, 0) is 67.3 Å². The molecule has 0 fully saturated rings. The number of nitrogens with zero attached hydrogens (tertiary/aromatic N) is 2. The standard InChI is InChI=1S/C17H32N2O5Si/c1-16(2,3)22-14(20)18-12-10-11-13(24-25(7,8)9)19(18)15(21)23-17(4,5)6/h10-11,13H,12H2,1-9H3. The van der Waals surface area contributed by atoms with Gasteiger partial charge in [-0.1, -0.05) is 6.08 Å². The van der Waals surface area contributed by atoms with Crippen molar-refractivity contribution in [3.05, 3.63) is 12.2 Å². The van der Waals surface area contributed by atoms with E-state index in [0.717, 1.165) is 0 Å². The minimum atomic E-state index is -1.98. The van der Waals surface area contributed by atoms with Crippen molar-refractivity contribution in [2.24, 2.45) is 0 Å². The fraction of sp³-hybridized carbons (Fsp3) is 0.765. The Kier molecular flexibility index (Phi) is 6.34. The Morgan fingerprint density at radius 2 is 1.44 bits per heavy atom. The lowest BCUT2D eigenvalue weighted by atomic mass is 10.2. The van der Waals surface area contributed by atoms with Crippen molar-refractivity contribution in [1.29, 1.82) is 0 Å². The molecule has 1 aliphatic heterocycles. The number of rotatable bonds is 2. The molecule has 0 bridgehead atoms. The number of hydrazine groups is 1. The van der Waals surface area contributed by atoms with Crippen molar-refractivity contribution in [1.82, 2.24) is 10.0 Å². The molecule has 25 heavy (non-hydrogen) atoms. The number of hydrogen-bond donors (Lipinski definition) is 0. The van der Waals surface area contributed by atoms with Crippen LogP contribution in [0.25, 0.3) is 0 Å². The van der Waals surface area contributed by atoms with Gasteiger partial charge in [0.15, 0.2) is 14.5 Å². The smallest absolute Gasteiger partial charge is 0.432 e. The third-order valence-electron chi connectivity index (χ3n) is 2.74. The second-order valence-corrected chi connectivity index (χ2v) is 13.4. The average molecular weight is 373 g/mol. The van der Waals surface area contributed by atoms with E-state index in [-0.39, 0.29) is 6.54 Å². The molecule has 1 atom stereocenters. The summed E-state index contributed by atoms with van der Waals surface area (Å²) in [5, 5.41) is 2.43. The van der Waals surface area contributed by atoms with Gasteiger partial charge in [0.05, 0.1) is 6.54 Å². The molecule has 0 aliphatic carbocycles. The molecule has 0 spiro atoms. The second kappa shape index (κ2) is 7.37. The summed E-state index contributed by atoms with van der Waals surface area (Å²) in [5.41, 5.74) is -1.37. The van der Waals surface area contributed by atoms with Crippen LogP contribution in [0.3, 0.4) is 0 Å². The van der Waals surface area contributed by atoms with Crippen molar-refractivity contribution in [2.45, 2.75) is 78.6 Å². The number of carbonyl (C=O) groups excluding carboxylic acids is 2. The number of ether oxygens (including phenoxy) is 2. The van der Waals surface area contributed by atoms with Crippen molar-refractivity contribution >= 4 is 20.5 Å². The van der Waals surface area contributed by atoms with Crippen molar-refractivity contribution < 1.29 is 23.5 Å². The Morgan fingerprint density at radius 3 is 1.88 bits per heavy atom. The zero-order chi connectivity index (χ0) is 19.6. The van der Waals surface area contributed by atoms with E-state index in [4.69, 9.17) is 13.9 Å². The third kappa shape index (κ3) is 7.48. The Balaban J connectivity index is 3.14. The first kappa shape index (κ1) is 21.5. The van der Waals surface area contributed by atoms with Crippen molar-refractivity contribution in [3.8, 4) is 0 Å². The Labute approximate surface area is 152 Å². The fourth-order valence-electron chi connectivity index (χ4n) is 2.02. The predicted molar refractivity (Wildman–Crippen MR) is 98.4 cm³/mol. The van der Waals surface area contributed by atoms with Gasteiger partial charge in [-0.15, -0.1) is 0 Å². The summed E-state index contributed by atoms with van der Waals surface area (Å²) in [4.78, 5) is 25.3. The molecule has 0 N–H and O–H groups in total. The summed E-state index contributed by atoms with van der Waals surface area (Å²) in [6.07, 6.45) is 1.58. The van der Waals surface area contributed by atoms with E-state index >= 15 is 0 Å². The first-order chi connectivity index (χ1) is 11.1. The summed E-state index contributed by atoms with van der Waals surface area (Å²) in [6, 6.07) is 0. The first-order valence-corrected chi connectivity index (χ1v) is 11.9. The molecule has 1 unspecified atom stereocenters. The molecule has 0 saturated heterocycles. The molecule has 8 heteroatoms. The fourth-order valence-corrected chi connectivity index (χ4v) is 2.93. The van der Waals surface area contributed by atoms with Gasteiger partial charge in [0.1, 0.15) is 11.2 Å². The van der Waals surface area contributed by atoms with Crippen LogP contribution < -0.4 is 0 Å². The maximum absolute atomic E-state index is 12.7. The van der Waals surface area contributed by atoms with Gasteiger partial charge >= 0.3 is 12.2 Å².